The molecule has 1 aromatic heterocycles. The van der Waals surface area contributed by atoms with Gasteiger partial charge in [0, 0.05) is 28.8 Å². The summed E-state index contributed by atoms with van der Waals surface area (Å²) < 4.78 is 0. The average Bonchev–Trinajstić information content (AvgIpc) is 3.19. The number of carbonyl (C=O) groups excluding carboxylic acids is 1. The van der Waals surface area contributed by atoms with Crippen molar-refractivity contribution in [2.45, 2.75) is 31.8 Å². The van der Waals surface area contributed by atoms with E-state index < -0.39 is 0 Å². The molecule has 0 bridgehead atoms. The van der Waals surface area contributed by atoms with Crippen LogP contribution in [-0.2, 0) is 9.63 Å². The van der Waals surface area contributed by atoms with Gasteiger partial charge in [0.15, 0.2) is 0 Å². The highest BCUT2D eigenvalue weighted by Crippen LogP contribution is 2.31. The van der Waals surface area contributed by atoms with E-state index >= 15 is 0 Å². The lowest BCUT2D eigenvalue weighted by Gasteiger charge is -2.08. The molecule has 1 aliphatic rings. The van der Waals surface area contributed by atoms with Gasteiger partial charge in [-0.2, -0.15) is 0 Å². The number of nitrogens with zero attached hydrogens (tertiary/aromatic N) is 1. The van der Waals surface area contributed by atoms with E-state index in [9.17, 15) is 4.79 Å². The summed E-state index contributed by atoms with van der Waals surface area (Å²) in [6.45, 7) is 0. The van der Waals surface area contributed by atoms with Gasteiger partial charge in [-0.15, -0.1) is 11.3 Å². The molecule has 2 heterocycles. The predicted octanol–water partition coefficient (Wildman–Crippen LogP) is 4.28. The van der Waals surface area contributed by atoms with Crippen LogP contribution < -0.4 is 0 Å². The highest BCUT2D eigenvalue weighted by Gasteiger charge is 2.23. The molecular weight excluding hydrogens is 282 g/mol. The van der Waals surface area contributed by atoms with Gasteiger partial charge in [0.25, 0.3) is 0 Å². The lowest BCUT2D eigenvalue weighted by molar-refractivity contribution is -0.108. The Bertz CT molecular complexity index is 634. The SMILES string of the molecule is O=CCCCC1CC(c2ccccc2-c2cccs2)=NO1. The van der Waals surface area contributed by atoms with Crippen LogP contribution in [0.2, 0.25) is 0 Å². The van der Waals surface area contributed by atoms with E-state index in [0.29, 0.717) is 6.42 Å². The van der Waals surface area contributed by atoms with Crippen molar-refractivity contribution >= 4 is 23.3 Å². The molecule has 108 valence electrons. The number of carbonyl (C=O) groups is 1. The fourth-order valence-corrected chi connectivity index (χ4v) is 3.32. The van der Waals surface area contributed by atoms with Crippen LogP contribution in [0.5, 0.6) is 0 Å². The Hall–Kier alpha value is -1.94. The molecule has 0 amide bonds. The number of thiophene rings is 1. The van der Waals surface area contributed by atoms with E-state index in [1.54, 1.807) is 11.3 Å². The monoisotopic (exact) mass is 299 g/mol. The molecule has 0 saturated carbocycles. The van der Waals surface area contributed by atoms with Crippen LogP contribution in [0.1, 0.15) is 31.2 Å². The van der Waals surface area contributed by atoms with Gasteiger partial charge < -0.3 is 9.63 Å². The first-order valence-electron chi connectivity index (χ1n) is 7.18. The van der Waals surface area contributed by atoms with E-state index in [1.807, 2.05) is 6.07 Å². The Morgan fingerprint density at radius 1 is 1.24 bits per heavy atom. The first-order chi connectivity index (χ1) is 10.4. The third-order valence-electron chi connectivity index (χ3n) is 3.61. The summed E-state index contributed by atoms with van der Waals surface area (Å²) in [5, 5.41) is 6.35. The number of aldehydes is 1. The first kappa shape index (κ1) is 14.0. The molecule has 0 aliphatic carbocycles. The zero-order chi connectivity index (χ0) is 14.5. The van der Waals surface area contributed by atoms with Crippen molar-refractivity contribution in [2.24, 2.45) is 5.16 Å². The van der Waals surface area contributed by atoms with E-state index in [-0.39, 0.29) is 6.10 Å². The van der Waals surface area contributed by atoms with Gasteiger partial charge in [-0.1, -0.05) is 35.5 Å². The Kier molecular flexibility index (Phi) is 4.46. The summed E-state index contributed by atoms with van der Waals surface area (Å²) in [4.78, 5) is 17.1. The quantitative estimate of drug-likeness (QED) is 0.590. The van der Waals surface area contributed by atoms with Gasteiger partial charge in [-0.3, -0.25) is 0 Å². The molecule has 4 heteroatoms. The van der Waals surface area contributed by atoms with Gasteiger partial charge in [-0.05, 0) is 24.3 Å². The Labute approximate surface area is 128 Å². The van der Waals surface area contributed by atoms with Gasteiger partial charge in [-0.25, -0.2) is 0 Å². The third kappa shape index (κ3) is 3.22. The van der Waals surface area contributed by atoms with Crippen LogP contribution in [0.25, 0.3) is 10.4 Å². The van der Waals surface area contributed by atoms with Crippen molar-refractivity contribution in [3.8, 4) is 10.4 Å². The van der Waals surface area contributed by atoms with Crippen molar-refractivity contribution in [3.05, 3.63) is 47.3 Å². The molecule has 1 atom stereocenters. The van der Waals surface area contributed by atoms with Crippen molar-refractivity contribution in [3.63, 3.8) is 0 Å². The number of unbranched alkanes of at least 4 members (excludes halogenated alkanes) is 1. The fourth-order valence-electron chi connectivity index (χ4n) is 2.55. The van der Waals surface area contributed by atoms with Crippen LogP contribution >= 0.6 is 11.3 Å². The molecule has 0 saturated heterocycles. The fraction of sp³-hybridized carbons (Fsp3) is 0.294. The molecular formula is C17H17NO2S. The normalized spacial score (nSPS) is 17.3. The Morgan fingerprint density at radius 2 is 2.10 bits per heavy atom. The molecule has 21 heavy (non-hydrogen) atoms. The largest absolute Gasteiger partial charge is 0.392 e. The van der Waals surface area contributed by atoms with Crippen molar-refractivity contribution < 1.29 is 9.63 Å². The van der Waals surface area contributed by atoms with Crippen LogP contribution in [0.15, 0.2) is 46.9 Å². The van der Waals surface area contributed by atoms with Crippen LogP contribution in [0, 0.1) is 0 Å². The van der Waals surface area contributed by atoms with Gasteiger partial charge in [0.2, 0.25) is 0 Å². The standard InChI is InChI=1S/C17H17NO2S/c19-10-4-3-6-13-12-16(18-20-13)14-7-1-2-8-15(14)17-9-5-11-21-17/h1-2,5,7-11,13H,3-4,6,12H2. The summed E-state index contributed by atoms with van der Waals surface area (Å²) >= 11 is 1.73. The number of rotatable bonds is 6. The number of oxime groups is 1. The Balaban J connectivity index is 1.75. The molecule has 1 aliphatic heterocycles. The highest BCUT2D eigenvalue weighted by molar-refractivity contribution is 7.13. The number of hydrogen-bond donors (Lipinski definition) is 0. The molecule has 0 N–H and O–H groups in total. The summed E-state index contributed by atoms with van der Waals surface area (Å²) in [6, 6.07) is 12.5. The van der Waals surface area contributed by atoms with E-state index in [1.165, 1.54) is 10.4 Å². The first-order valence-corrected chi connectivity index (χ1v) is 8.06. The molecule has 2 aromatic rings. The maximum atomic E-state index is 10.4. The molecule has 0 radical (unpaired) electrons. The second-order valence-corrected chi connectivity index (χ2v) is 6.04. The van der Waals surface area contributed by atoms with E-state index in [2.05, 4.69) is 40.9 Å². The van der Waals surface area contributed by atoms with Crippen LogP contribution in [-0.4, -0.2) is 18.1 Å². The lowest BCUT2D eigenvalue weighted by atomic mass is 9.97. The lowest BCUT2D eigenvalue weighted by Crippen LogP contribution is -2.09. The molecule has 1 aromatic carbocycles. The van der Waals surface area contributed by atoms with Gasteiger partial charge in [0.1, 0.15) is 12.4 Å². The Morgan fingerprint density at radius 3 is 2.86 bits per heavy atom. The topological polar surface area (TPSA) is 38.7 Å². The predicted molar refractivity (Wildman–Crippen MR) is 85.7 cm³/mol. The van der Waals surface area contributed by atoms with Crippen LogP contribution in [0.3, 0.4) is 0 Å². The maximum absolute atomic E-state index is 10.4. The maximum Gasteiger partial charge on any atom is 0.133 e. The zero-order valence-corrected chi connectivity index (χ0v) is 12.5. The molecule has 0 spiro atoms. The van der Waals surface area contributed by atoms with E-state index in [0.717, 1.165) is 36.8 Å². The number of hydrogen-bond acceptors (Lipinski definition) is 4. The molecule has 1 unspecified atom stereocenters. The summed E-state index contributed by atoms with van der Waals surface area (Å²) in [7, 11) is 0. The second-order valence-electron chi connectivity index (χ2n) is 5.09. The van der Waals surface area contributed by atoms with Crippen molar-refractivity contribution in [2.75, 3.05) is 0 Å². The molecule has 0 fully saturated rings. The van der Waals surface area contributed by atoms with Crippen LogP contribution in [0.4, 0.5) is 0 Å². The summed E-state index contributed by atoms with van der Waals surface area (Å²) in [5.74, 6) is 0. The van der Waals surface area contributed by atoms with Gasteiger partial charge in [0.05, 0.1) is 5.71 Å². The minimum atomic E-state index is 0.108. The second kappa shape index (κ2) is 6.68. The molecule has 3 nitrogen and oxygen atoms in total. The van der Waals surface area contributed by atoms with E-state index in [4.69, 9.17) is 4.84 Å². The minimum Gasteiger partial charge on any atom is -0.392 e. The highest BCUT2D eigenvalue weighted by atomic mass is 32.1. The van der Waals surface area contributed by atoms with Crippen molar-refractivity contribution in [1.82, 2.24) is 0 Å². The smallest absolute Gasteiger partial charge is 0.133 e. The van der Waals surface area contributed by atoms with Gasteiger partial charge >= 0.3 is 0 Å². The van der Waals surface area contributed by atoms with Crippen molar-refractivity contribution in [1.29, 1.82) is 0 Å². The third-order valence-corrected chi connectivity index (χ3v) is 4.51. The average molecular weight is 299 g/mol. The summed E-state index contributed by atoms with van der Waals surface area (Å²) in [6.07, 6.45) is 4.23. The summed E-state index contributed by atoms with van der Waals surface area (Å²) in [5.41, 5.74) is 3.37. The molecule has 3 rings (SSSR count). The minimum absolute atomic E-state index is 0.108. The zero-order valence-electron chi connectivity index (χ0n) is 11.7. The number of benzene rings is 1.